The Bertz CT molecular complexity index is 1180. The molecule has 0 saturated heterocycles. The third-order valence-electron chi connectivity index (χ3n) is 5.59. The van der Waals surface area contributed by atoms with Crippen molar-refractivity contribution in [2.24, 2.45) is 5.92 Å². The van der Waals surface area contributed by atoms with Gasteiger partial charge in [-0.1, -0.05) is 50.2 Å². The zero-order valence-electron chi connectivity index (χ0n) is 20.0. The maximum absolute atomic E-state index is 13.3. The number of hydrogen-bond donors (Lipinski definition) is 4. The van der Waals surface area contributed by atoms with Crippen molar-refractivity contribution in [1.82, 2.24) is 15.0 Å². The SMILES string of the molecule is CC(C)CC(C(=O)NC(Cc1ccc(-c2cccnc2)cc1)C(=O)O)N(Cc1cccs1)P(=O)(O)O. The number of hydrogen-bond acceptors (Lipinski definition) is 5. The Hall–Kier alpha value is -2.88. The van der Waals surface area contributed by atoms with Gasteiger partial charge in [0, 0.05) is 30.2 Å². The van der Waals surface area contributed by atoms with Crippen molar-refractivity contribution in [3.05, 3.63) is 76.7 Å². The molecular formula is C25H30N3O6PS. The summed E-state index contributed by atoms with van der Waals surface area (Å²) >= 11 is 1.32. The summed E-state index contributed by atoms with van der Waals surface area (Å²) in [6, 6.07) is 12.0. The summed E-state index contributed by atoms with van der Waals surface area (Å²) in [5.74, 6) is -2.03. The van der Waals surface area contributed by atoms with Crippen molar-refractivity contribution in [3.8, 4) is 11.1 Å². The number of carboxylic acids is 1. The van der Waals surface area contributed by atoms with Gasteiger partial charge < -0.3 is 20.2 Å². The topological polar surface area (TPSA) is 140 Å². The van der Waals surface area contributed by atoms with E-state index in [2.05, 4.69) is 10.3 Å². The quantitative estimate of drug-likeness (QED) is 0.258. The minimum absolute atomic E-state index is 0.0175. The van der Waals surface area contributed by atoms with E-state index in [1.54, 1.807) is 42.0 Å². The summed E-state index contributed by atoms with van der Waals surface area (Å²) in [7, 11) is -4.83. The van der Waals surface area contributed by atoms with Crippen LogP contribution in [0.2, 0.25) is 0 Å². The van der Waals surface area contributed by atoms with E-state index in [0.717, 1.165) is 15.8 Å². The standard InChI is InChI=1S/C25H30N3O6PS/c1-17(2)13-23(28(35(32,33)34)16-21-6-4-12-36-21)24(29)27-22(25(30)31)14-18-7-9-19(10-8-18)20-5-3-11-26-15-20/h3-12,15,17,22-23H,13-14,16H2,1-2H3,(H,27,29)(H,30,31)(H2,32,33,34). The van der Waals surface area contributed by atoms with Crippen LogP contribution in [0.15, 0.2) is 66.3 Å². The minimum Gasteiger partial charge on any atom is -0.480 e. The molecule has 2 unspecified atom stereocenters. The number of benzene rings is 1. The number of nitrogens with one attached hydrogen (secondary N) is 1. The average molecular weight is 532 g/mol. The van der Waals surface area contributed by atoms with Crippen molar-refractivity contribution in [1.29, 1.82) is 0 Å². The molecule has 0 spiro atoms. The molecule has 4 N–H and O–H groups in total. The second-order valence-electron chi connectivity index (χ2n) is 8.88. The van der Waals surface area contributed by atoms with Crippen LogP contribution in [0.5, 0.6) is 0 Å². The number of pyridine rings is 1. The lowest BCUT2D eigenvalue weighted by Crippen LogP contribution is -2.51. The monoisotopic (exact) mass is 531 g/mol. The molecule has 0 aliphatic rings. The third kappa shape index (κ3) is 7.81. The van der Waals surface area contributed by atoms with E-state index >= 15 is 0 Å². The van der Waals surface area contributed by atoms with E-state index < -0.39 is 31.7 Å². The van der Waals surface area contributed by atoms with Crippen LogP contribution in [0.25, 0.3) is 11.1 Å². The van der Waals surface area contributed by atoms with Crippen LogP contribution >= 0.6 is 19.1 Å². The first-order chi connectivity index (χ1) is 17.0. The summed E-state index contributed by atoms with van der Waals surface area (Å²) in [5.41, 5.74) is 2.54. The number of thiophene rings is 1. The lowest BCUT2D eigenvalue weighted by atomic mass is 10.00. The van der Waals surface area contributed by atoms with Gasteiger partial charge in [0.15, 0.2) is 0 Å². The molecule has 0 aliphatic heterocycles. The highest BCUT2D eigenvalue weighted by molar-refractivity contribution is 7.49. The molecule has 1 aromatic carbocycles. The smallest absolute Gasteiger partial charge is 0.404 e. The number of aliphatic carboxylic acids is 1. The molecule has 3 rings (SSSR count). The highest BCUT2D eigenvalue weighted by Crippen LogP contribution is 2.44. The molecule has 0 fully saturated rings. The summed E-state index contributed by atoms with van der Waals surface area (Å²) in [4.78, 5) is 50.2. The van der Waals surface area contributed by atoms with Crippen LogP contribution in [0, 0.1) is 5.92 Å². The fraction of sp³-hybridized carbons (Fsp3) is 0.320. The number of carbonyl (C=O) groups is 2. The second-order valence-corrected chi connectivity index (χ2v) is 11.5. The molecule has 36 heavy (non-hydrogen) atoms. The van der Waals surface area contributed by atoms with Crippen molar-refractivity contribution in [3.63, 3.8) is 0 Å². The Kier molecular flexibility index (Phi) is 9.53. The van der Waals surface area contributed by atoms with Gasteiger partial charge in [0.05, 0.1) is 6.04 Å². The number of nitrogens with zero attached hydrogens (tertiary/aromatic N) is 2. The van der Waals surface area contributed by atoms with Crippen LogP contribution in [-0.4, -0.2) is 48.5 Å². The van der Waals surface area contributed by atoms with Crippen LogP contribution in [-0.2, 0) is 27.1 Å². The van der Waals surface area contributed by atoms with E-state index in [1.165, 1.54) is 11.3 Å². The first kappa shape index (κ1) is 27.7. The maximum Gasteiger partial charge on any atom is 0.404 e. The molecule has 9 nitrogen and oxygen atoms in total. The zero-order valence-corrected chi connectivity index (χ0v) is 21.7. The molecule has 2 aromatic heterocycles. The predicted molar refractivity (Wildman–Crippen MR) is 138 cm³/mol. The van der Waals surface area contributed by atoms with Crippen molar-refractivity contribution in [2.45, 2.75) is 45.3 Å². The first-order valence-electron chi connectivity index (χ1n) is 11.4. The molecule has 2 atom stereocenters. The summed E-state index contributed by atoms with van der Waals surface area (Å²) < 4.78 is 13.2. The molecule has 0 radical (unpaired) electrons. The lowest BCUT2D eigenvalue weighted by Gasteiger charge is -2.32. The number of carboxylic acid groups (broad SMARTS) is 1. The Morgan fingerprint density at radius 3 is 2.33 bits per heavy atom. The van der Waals surface area contributed by atoms with Crippen LogP contribution < -0.4 is 5.32 Å². The molecule has 0 saturated carbocycles. The van der Waals surface area contributed by atoms with Gasteiger partial charge in [-0.3, -0.25) is 9.78 Å². The third-order valence-corrected chi connectivity index (χ3v) is 7.54. The average Bonchev–Trinajstić information content (AvgIpc) is 3.34. The maximum atomic E-state index is 13.3. The summed E-state index contributed by atoms with van der Waals surface area (Å²) in [6.45, 7) is 3.55. The van der Waals surface area contributed by atoms with Gasteiger partial charge in [-0.2, -0.15) is 4.67 Å². The number of rotatable bonds is 12. The largest absolute Gasteiger partial charge is 0.480 e. The molecule has 0 bridgehead atoms. The highest BCUT2D eigenvalue weighted by Gasteiger charge is 2.39. The van der Waals surface area contributed by atoms with Gasteiger partial charge in [-0.25, -0.2) is 9.36 Å². The van der Waals surface area contributed by atoms with Gasteiger partial charge in [0.2, 0.25) is 5.91 Å². The van der Waals surface area contributed by atoms with Gasteiger partial charge in [0.1, 0.15) is 6.04 Å². The van der Waals surface area contributed by atoms with E-state index in [0.29, 0.717) is 10.4 Å². The molecule has 0 aliphatic carbocycles. The van der Waals surface area contributed by atoms with E-state index in [4.69, 9.17) is 0 Å². The molecule has 3 aromatic rings. The zero-order chi connectivity index (χ0) is 26.3. The van der Waals surface area contributed by atoms with Gasteiger partial charge in [0.25, 0.3) is 0 Å². The second kappa shape index (κ2) is 12.4. The van der Waals surface area contributed by atoms with Crippen molar-refractivity contribution >= 4 is 31.0 Å². The van der Waals surface area contributed by atoms with E-state index in [9.17, 15) is 29.0 Å². The van der Waals surface area contributed by atoms with E-state index in [1.807, 2.05) is 38.1 Å². The number of aromatic nitrogens is 1. The molecule has 2 heterocycles. The van der Waals surface area contributed by atoms with Crippen LogP contribution in [0.1, 0.15) is 30.7 Å². The Labute approximate surface area is 214 Å². The number of carbonyl (C=O) groups excluding carboxylic acids is 1. The Balaban J connectivity index is 1.79. The van der Waals surface area contributed by atoms with E-state index in [-0.39, 0.29) is 25.3 Å². The highest BCUT2D eigenvalue weighted by atomic mass is 32.1. The van der Waals surface area contributed by atoms with Crippen LogP contribution in [0.3, 0.4) is 0 Å². The fourth-order valence-corrected chi connectivity index (χ4v) is 5.52. The fourth-order valence-electron chi connectivity index (χ4n) is 3.83. The van der Waals surface area contributed by atoms with Gasteiger partial charge in [-0.05, 0) is 46.5 Å². The Morgan fingerprint density at radius 1 is 1.08 bits per heavy atom. The number of amides is 1. The van der Waals surface area contributed by atoms with Crippen LogP contribution in [0.4, 0.5) is 0 Å². The molecule has 1 amide bonds. The lowest BCUT2D eigenvalue weighted by molar-refractivity contribution is -0.142. The van der Waals surface area contributed by atoms with Gasteiger partial charge in [-0.15, -0.1) is 11.3 Å². The Morgan fingerprint density at radius 2 is 1.81 bits per heavy atom. The minimum atomic E-state index is -4.83. The summed E-state index contributed by atoms with van der Waals surface area (Å²) in [5, 5.41) is 14.1. The normalized spacial score (nSPS) is 13.5. The predicted octanol–water partition coefficient (Wildman–Crippen LogP) is 3.93. The molecule has 192 valence electrons. The first-order valence-corrected chi connectivity index (χ1v) is 13.9. The molecule has 11 heteroatoms. The van der Waals surface area contributed by atoms with Gasteiger partial charge >= 0.3 is 13.7 Å². The van der Waals surface area contributed by atoms with Crippen molar-refractivity contribution < 1.29 is 29.0 Å². The summed E-state index contributed by atoms with van der Waals surface area (Å²) in [6.07, 6.45) is 3.57. The molecular weight excluding hydrogens is 501 g/mol. The van der Waals surface area contributed by atoms with Crippen molar-refractivity contribution in [2.75, 3.05) is 0 Å².